The summed E-state index contributed by atoms with van der Waals surface area (Å²) in [6, 6.07) is 0. The van der Waals surface area contributed by atoms with E-state index in [1.54, 1.807) is 11.0 Å². The highest BCUT2D eigenvalue weighted by Crippen LogP contribution is 2.16. The van der Waals surface area contributed by atoms with Crippen molar-refractivity contribution in [3.8, 4) is 0 Å². The van der Waals surface area contributed by atoms with Gasteiger partial charge < -0.3 is 5.73 Å². The zero-order valence-corrected chi connectivity index (χ0v) is 9.82. The van der Waals surface area contributed by atoms with Gasteiger partial charge in [-0.15, -0.1) is 0 Å². The summed E-state index contributed by atoms with van der Waals surface area (Å²) >= 11 is 0. The van der Waals surface area contributed by atoms with E-state index < -0.39 is 0 Å². The summed E-state index contributed by atoms with van der Waals surface area (Å²) in [5.74, 6) is 1.65. The van der Waals surface area contributed by atoms with Crippen molar-refractivity contribution in [1.82, 2.24) is 14.8 Å². The molecule has 0 saturated heterocycles. The topological polar surface area (TPSA) is 56.7 Å². The number of rotatable bonds is 7. The smallest absolute Gasteiger partial charge is 0.150 e. The van der Waals surface area contributed by atoms with E-state index in [-0.39, 0.29) is 0 Å². The van der Waals surface area contributed by atoms with E-state index in [2.05, 4.69) is 23.9 Å². The molecule has 0 fully saturated rings. The molecular weight excluding hydrogens is 188 g/mol. The van der Waals surface area contributed by atoms with Crippen molar-refractivity contribution in [2.75, 3.05) is 0 Å². The van der Waals surface area contributed by atoms with E-state index in [0.717, 1.165) is 18.2 Å². The van der Waals surface area contributed by atoms with Crippen LogP contribution in [-0.4, -0.2) is 14.8 Å². The first kappa shape index (κ1) is 12.2. The lowest BCUT2D eigenvalue weighted by molar-refractivity contribution is 0.438. The Balaban J connectivity index is 2.43. The largest absolute Gasteiger partial charge is 0.312 e. The maximum Gasteiger partial charge on any atom is 0.150 e. The predicted octanol–water partition coefficient (Wildman–Crippen LogP) is 1.95. The highest BCUT2D eigenvalue weighted by Gasteiger charge is 2.09. The lowest BCUT2D eigenvalue weighted by Gasteiger charge is -2.11. The fraction of sp³-hybridized carbons (Fsp3) is 0.818. The monoisotopic (exact) mass is 210 g/mol. The van der Waals surface area contributed by atoms with Gasteiger partial charge in [0.15, 0.2) is 5.82 Å². The summed E-state index contributed by atoms with van der Waals surface area (Å²) in [6.07, 6.45) is 7.75. The third kappa shape index (κ3) is 4.00. The summed E-state index contributed by atoms with van der Waals surface area (Å²) in [4.78, 5) is 4.25. The molecule has 1 heterocycles. The van der Waals surface area contributed by atoms with Gasteiger partial charge in [0.2, 0.25) is 0 Å². The first-order chi connectivity index (χ1) is 7.30. The number of nitrogens with two attached hydrogens (primary N) is 1. The minimum atomic E-state index is 0.415. The molecule has 0 saturated carbocycles. The highest BCUT2D eigenvalue weighted by atomic mass is 15.3. The van der Waals surface area contributed by atoms with Gasteiger partial charge in [-0.3, -0.25) is 0 Å². The van der Waals surface area contributed by atoms with Crippen molar-refractivity contribution in [3.05, 3.63) is 12.2 Å². The van der Waals surface area contributed by atoms with Crippen LogP contribution in [0.3, 0.4) is 0 Å². The number of nitrogens with zero attached hydrogens (tertiary/aromatic N) is 3. The Hall–Kier alpha value is -0.900. The molecule has 1 rings (SSSR count). The Morgan fingerprint density at radius 2 is 2.27 bits per heavy atom. The molecule has 0 bridgehead atoms. The standard InChI is InChI=1S/C11H22N4/c1-3-5-6-10(4-2)7-11-13-9-15(8-12)14-11/h9-10H,3-8,12H2,1-2H3. The summed E-state index contributed by atoms with van der Waals surface area (Å²) in [5.41, 5.74) is 5.47. The van der Waals surface area contributed by atoms with Crippen LogP contribution in [0.5, 0.6) is 0 Å². The first-order valence-electron chi connectivity index (χ1n) is 5.88. The average Bonchev–Trinajstić information content (AvgIpc) is 2.71. The zero-order valence-electron chi connectivity index (χ0n) is 9.82. The molecule has 4 nitrogen and oxygen atoms in total. The Morgan fingerprint density at radius 3 is 2.80 bits per heavy atom. The molecule has 15 heavy (non-hydrogen) atoms. The van der Waals surface area contributed by atoms with Gasteiger partial charge in [0.1, 0.15) is 6.33 Å². The van der Waals surface area contributed by atoms with Gasteiger partial charge in [0.05, 0.1) is 6.67 Å². The van der Waals surface area contributed by atoms with Crippen molar-refractivity contribution in [2.24, 2.45) is 11.7 Å². The van der Waals surface area contributed by atoms with Crippen molar-refractivity contribution in [2.45, 2.75) is 52.6 Å². The minimum absolute atomic E-state index is 0.415. The molecule has 0 aliphatic rings. The number of hydrogen-bond donors (Lipinski definition) is 1. The molecule has 0 amide bonds. The van der Waals surface area contributed by atoms with Crippen LogP contribution in [0.1, 0.15) is 45.4 Å². The van der Waals surface area contributed by atoms with Gasteiger partial charge in [0.25, 0.3) is 0 Å². The van der Waals surface area contributed by atoms with Crippen molar-refractivity contribution in [1.29, 1.82) is 0 Å². The number of aromatic nitrogens is 3. The van der Waals surface area contributed by atoms with E-state index in [0.29, 0.717) is 6.67 Å². The normalized spacial score (nSPS) is 13.0. The fourth-order valence-electron chi connectivity index (χ4n) is 1.72. The molecule has 1 unspecified atom stereocenters. The van der Waals surface area contributed by atoms with Crippen molar-refractivity contribution >= 4 is 0 Å². The van der Waals surface area contributed by atoms with Crippen LogP contribution in [0.2, 0.25) is 0 Å². The summed E-state index contributed by atoms with van der Waals surface area (Å²) < 4.78 is 1.68. The summed E-state index contributed by atoms with van der Waals surface area (Å²) in [6.45, 7) is 4.88. The van der Waals surface area contributed by atoms with Gasteiger partial charge in [-0.05, 0) is 5.92 Å². The lowest BCUT2D eigenvalue weighted by atomic mass is 9.96. The Bertz CT molecular complexity index is 269. The molecule has 0 radical (unpaired) electrons. The summed E-state index contributed by atoms with van der Waals surface area (Å²) in [5, 5.41) is 4.31. The SMILES string of the molecule is CCCCC(CC)Cc1ncn(CN)n1. The Labute approximate surface area is 91.9 Å². The van der Waals surface area contributed by atoms with Gasteiger partial charge in [-0.2, -0.15) is 5.10 Å². The molecule has 2 N–H and O–H groups in total. The molecule has 86 valence electrons. The molecule has 1 atom stereocenters. The molecular formula is C11H22N4. The van der Waals surface area contributed by atoms with Gasteiger partial charge in [-0.25, -0.2) is 9.67 Å². The van der Waals surface area contributed by atoms with Crippen LogP contribution < -0.4 is 5.73 Å². The zero-order chi connectivity index (χ0) is 11.1. The van der Waals surface area contributed by atoms with Crippen LogP contribution in [0, 0.1) is 5.92 Å². The molecule has 0 aliphatic heterocycles. The molecule has 0 spiro atoms. The quantitative estimate of drug-likeness (QED) is 0.748. The van der Waals surface area contributed by atoms with E-state index >= 15 is 0 Å². The molecule has 0 aromatic carbocycles. The van der Waals surface area contributed by atoms with Crippen LogP contribution in [0.25, 0.3) is 0 Å². The maximum atomic E-state index is 5.47. The second-order valence-corrected chi connectivity index (χ2v) is 4.00. The van der Waals surface area contributed by atoms with Gasteiger partial charge >= 0.3 is 0 Å². The lowest BCUT2D eigenvalue weighted by Crippen LogP contribution is -2.09. The fourth-order valence-corrected chi connectivity index (χ4v) is 1.72. The third-order valence-electron chi connectivity index (χ3n) is 2.79. The number of unbranched alkanes of at least 4 members (excludes halogenated alkanes) is 1. The third-order valence-corrected chi connectivity index (χ3v) is 2.79. The van der Waals surface area contributed by atoms with Crippen molar-refractivity contribution in [3.63, 3.8) is 0 Å². The molecule has 1 aromatic heterocycles. The van der Waals surface area contributed by atoms with Crippen LogP contribution >= 0.6 is 0 Å². The van der Waals surface area contributed by atoms with Crippen LogP contribution in [-0.2, 0) is 13.1 Å². The predicted molar refractivity (Wildman–Crippen MR) is 61.2 cm³/mol. The average molecular weight is 210 g/mol. The second-order valence-electron chi connectivity index (χ2n) is 4.00. The first-order valence-corrected chi connectivity index (χ1v) is 5.88. The summed E-state index contributed by atoms with van der Waals surface area (Å²) in [7, 11) is 0. The minimum Gasteiger partial charge on any atom is -0.312 e. The maximum absolute atomic E-state index is 5.47. The van der Waals surface area contributed by atoms with Crippen LogP contribution in [0.15, 0.2) is 6.33 Å². The molecule has 0 aliphatic carbocycles. The molecule has 1 aromatic rings. The van der Waals surface area contributed by atoms with E-state index in [1.807, 2.05) is 0 Å². The van der Waals surface area contributed by atoms with E-state index in [4.69, 9.17) is 5.73 Å². The van der Waals surface area contributed by atoms with Crippen LogP contribution in [0.4, 0.5) is 0 Å². The Kier molecular flexibility index (Phi) is 5.32. The van der Waals surface area contributed by atoms with E-state index in [9.17, 15) is 0 Å². The van der Waals surface area contributed by atoms with Gasteiger partial charge in [0, 0.05) is 6.42 Å². The molecule has 4 heteroatoms. The second kappa shape index (κ2) is 6.56. The highest BCUT2D eigenvalue weighted by molar-refractivity contribution is 4.84. The van der Waals surface area contributed by atoms with E-state index in [1.165, 1.54) is 25.7 Å². The van der Waals surface area contributed by atoms with Gasteiger partial charge in [-0.1, -0.05) is 39.5 Å². The number of hydrogen-bond acceptors (Lipinski definition) is 3. The Morgan fingerprint density at radius 1 is 1.47 bits per heavy atom. The van der Waals surface area contributed by atoms with Crippen molar-refractivity contribution < 1.29 is 0 Å².